The number of nitrogens with one attached hydrogen (secondary N) is 1. The number of nitrogens with zero attached hydrogens (tertiary/aromatic N) is 2. The molecule has 0 radical (unpaired) electrons. The van der Waals surface area contributed by atoms with Gasteiger partial charge < -0.3 is 10.2 Å². The fraction of sp³-hybridized carbons (Fsp3) is 0.188. The normalized spacial score (nSPS) is 12.3. The molecule has 0 spiro atoms. The van der Waals surface area contributed by atoms with Crippen molar-refractivity contribution >= 4 is 43.5 Å². The lowest BCUT2D eigenvalue weighted by Crippen LogP contribution is -2.53. The second kappa shape index (κ2) is 14.1. The van der Waals surface area contributed by atoms with Crippen molar-refractivity contribution < 1.29 is 31.2 Å². The van der Waals surface area contributed by atoms with Crippen molar-refractivity contribution in [1.82, 2.24) is 10.2 Å². The van der Waals surface area contributed by atoms with E-state index in [0.717, 1.165) is 22.2 Å². The molecule has 0 heterocycles. The highest BCUT2D eigenvalue weighted by Gasteiger charge is 2.36. The molecule has 0 aliphatic rings. The summed E-state index contributed by atoms with van der Waals surface area (Å²) in [5, 5.41) is 2.58. The van der Waals surface area contributed by atoms with Crippen LogP contribution in [0.1, 0.15) is 16.7 Å². The number of likely N-dealkylation sites (N-methyl/N-ethyl adjacent to an activating group) is 1. The molecule has 0 saturated carbocycles. The van der Waals surface area contributed by atoms with Crippen molar-refractivity contribution in [3.63, 3.8) is 0 Å². The molecule has 2 amide bonds. The average Bonchev–Trinajstić information content (AvgIpc) is 3.01. The van der Waals surface area contributed by atoms with Crippen LogP contribution < -0.4 is 9.62 Å². The predicted molar refractivity (Wildman–Crippen MR) is 165 cm³/mol. The Balaban J connectivity index is 1.82. The van der Waals surface area contributed by atoms with Gasteiger partial charge in [-0.05, 0) is 53.6 Å². The first-order chi connectivity index (χ1) is 20.9. The lowest BCUT2D eigenvalue weighted by Gasteiger charge is -2.33. The minimum atomic E-state index is -4.76. The SMILES string of the molecule is CNC(=O)C(Cc1ccccc1)N(Cc1cccc(Br)c1)C(=O)CN(c1cccc(C(F)(F)F)c1)S(=O)(=O)c1ccccc1. The number of anilines is 1. The van der Waals surface area contributed by atoms with Crippen LogP contribution in [0.2, 0.25) is 0 Å². The van der Waals surface area contributed by atoms with Crippen molar-refractivity contribution in [2.75, 3.05) is 17.9 Å². The Bertz CT molecular complexity index is 1700. The molecule has 1 unspecified atom stereocenters. The minimum Gasteiger partial charge on any atom is -0.357 e. The number of hydrogen-bond acceptors (Lipinski definition) is 4. The highest BCUT2D eigenvalue weighted by molar-refractivity contribution is 9.10. The number of rotatable bonds is 11. The number of carbonyl (C=O) groups is 2. The molecule has 0 bridgehead atoms. The molecular weight excluding hydrogens is 659 g/mol. The fourth-order valence-electron chi connectivity index (χ4n) is 4.64. The fourth-order valence-corrected chi connectivity index (χ4v) is 6.51. The van der Waals surface area contributed by atoms with Gasteiger partial charge in [0.1, 0.15) is 12.6 Å². The summed E-state index contributed by atoms with van der Waals surface area (Å²) < 4.78 is 70.2. The zero-order valence-electron chi connectivity index (χ0n) is 23.5. The van der Waals surface area contributed by atoms with Crippen LogP contribution in [0.5, 0.6) is 0 Å². The summed E-state index contributed by atoms with van der Waals surface area (Å²) in [7, 11) is -3.10. The van der Waals surface area contributed by atoms with Gasteiger partial charge in [0.15, 0.2) is 0 Å². The molecule has 0 aliphatic heterocycles. The molecule has 0 aliphatic carbocycles. The van der Waals surface area contributed by atoms with E-state index in [1.807, 2.05) is 6.07 Å². The number of sulfonamides is 1. The summed E-state index contributed by atoms with van der Waals surface area (Å²) in [4.78, 5) is 28.6. The van der Waals surface area contributed by atoms with Crippen molar-refractivity contribution in [1.29, 1.82) is 0 Å². The maximum atomic E-state index is 14.2. The number of alkyl halides is 3. The van der Waals surface area contributed by atoms with E-state index in [0.29, 0.717) is 15.9 Å². The van der Waals surface area contributed by atoms with E-state index < -0.39 is 46.2 Å². The van der Waals surface area contributed by atoms with E-state index in [1.165, 1.54) is 42.3 Å². The number of benzene rings is 4. The highest BCUT2D eigenvalue weighted by Crippen LogP contribution is 2.33. The number of carbonyl (C=O) groups excluding carboxylic acids is 2. The summed E-state index contributed by atoms with van der Waals surface area (Å²) in [5.41, 5.74) is -0.0287. The van der Waals surface area contributed by atoms with Crippen molar-refractivity contribution in [3.05, 3.63) is 130 Å². The second-order valence-electron chi connectivity index (χ2n) is 9.84. The Morgan fingerprint density at radius 2 is 1.45 bits per heavy atom. The Labute approximate surface area is 262 Å². The minimum absolute atomic E-state index is 0.0784. The standard InChI is InChI=1S/C32H29BrF3N3O4S/c1-37-31(41)29(19-23-10-4-2-5-11-23)38(21-24-12-8-14-26(33)18-24)30(40)22-39(44(42,43)28-16-6-3-7-17-28)27-15-9-13-25(20-27)32(34,35)36/h2-18,20,29H,19,21-22H2,1H3,(H,37,41). The van der Waals surface area contributed by atoms with Crippen LogP contribution >= 0.6 is 15.9 Å². The highest BCUT2D eigenvalue weighted by atomic mass is 79.9. The first-order valence-electron chi connectivity index (χ1n) is 13.4. The maximum Gasteiger partial charge on any atom is 0.416 e. The maximum absolute atomic E-state index is 14.2. The molecule has 0 saturated heterocycles. The van der Waals surface area contributed by atoms with Crippen molar-refractivity contribution in [2.24, 2.45) is 0 Å². The van der Waals surface area contributed by atoms with E-state index in [2.05, 4.69) is 21.2 Å². The lowest BCUT2D eigenvalue weighted by molar-refractivity contribution is -0.139. The van der Waals surface area contributed by atoms with Crippen LogP contribution in [0.3, 0.4) is 0 Å². The van der Waals surface area contributed by atoms with Gasteiger partial charge in [-0.3, -0.25) is 13.9 Å². The van der Waals surface area contributed by atoms with Gasteiger partial charge in [-0.1, -0.05) is 82.7 Å². The van der Waals surface area contributed by atoms with Crippen molar-refractivity contribution in [2.45, 2.75) is 30.1 Å². The molecule has 0 aromatic heterocycles. The summed E-state index contributed by atoms with van der Waals surface area (Å²) >= 11 is 3.41. The van der Waals surface area contributed by atoms with Crippen LogP contribution in [-0.2, 0) is 38.8 Å². The quantitative estimate of drug-likeness (QED) is 0.208. The molecular formula is C32H29BrF3N3O4S. The largest absolute Gasteiger partial charge is 0.416 e. The van der Waals surface area contributed by atoms with Crippen LogP contribution in [0.25, 0.3) is 0 Å². The molecule has 1 atom stereocenters. The van der Waals surface area contributed by atoms with Gasteiger partial charge in [0.05, 0.1) is 16.1 Å². The van der Waals surface area contributed by atoms with Crippen LogP contribution in [0.15, 0.2) is 119 Å². The van der Waals surface area contributed by atoms with E-state index in [9.17, 15) is 31.2 Å². The van der Waals surface area contributed by atoms with E-state index in [1.54, 1.807) is 54.6 Å². The third kappa shape index (κ3) is 8.06. The topological polar surface area (TPSA) is 86.8 Å². The monoisotopic (exact) mass is 687 g/mol. The first kappa shape index (κ1) is 32.7. The number of halogens is 4. The molecule has 1 N–H and O–H groups in total. The van der Waals surface area contributed by atoms with E-state index in [-0.39, 0.29) is 23.5 Å². The van der Waals surface area contributed by atoms with E-state index >= 15 is 0 Å². The lowest BCUT2D eigenvalue weighted by atomic mass is 10.0. The van der Waals surface area contributed by atoms with Gasteiger partial charge in [0, 0.05) is 24.5 Å². The summed E-state index contributed by atoms with van der Waals surface area (Å²) in [5.74, 6) is -1.28. The summed E-state index contributed by atoms with van der Waals surface area (Å²) in [6.07, 6.45) is -4.65. The van der Waals surface area contributed by atoms with Gasteiger partial charge in [0.25, 0.3) is 10.0 Å². The number of hydrogen-bond donors (Lipinski definition) is 1. The summed E-state index contributed by atoms with van der Waals surface area (Å²) in [6.45, 7) is -0.945. The van der Waals surface area contributed by atoms with Crippen molar-refractivity contribution in [3.8, 4) is 0 Å². The zero-order valence-corrected chi connectivity index (χ0v) is 25.9. The average molecular weight is 689 g/mol. The first-order valence-corrected chi connectivity index (χ1v) is 15.7. The third-order valence-corrected chi connectivity index (χ3v) is 9.11. The van der Waals surface area contributed by atoms with Gasteiger partial charge in [-0.2, -0.15) is 13.2 Å². The molecule has 4 aromatic carbocycles. The van der Waals surface area contributed by atoms with Crippen LogP contribution in [0, 0.1) is 0 Å². The Hall–Kier alpha value is -4.16. The summed E-state index contributed by atoms with van der Waals surface area (Å²) in [6, 6.07) is 25.9. The third-order valence-electron chi connectivity index (χ3n) is 6.83. The zero-order chi connectivity index (χ0) is 31.9. The van der Waals surface area contributed by atoms with Gasteiger partial charge in [-0.15, -0.1) is 0 Å². The smallest absolute Gasteiger partial charge is 0.357 e. The molecule has 0 fully saturated rings. The van der Waals surface area contributed by atoms with Gasteiger partial charge in [0.2, 0.25) is 11.8 Å². The Morgan fingerprint density at radius 1 is 0.841 bits per heavy atom. The van der Waals surface area contributed by atoms with Crippen LogP contribution in [-0.4, -0.2) is 44.8 Å². The van der Waals surface area contributed by atoms with Gasteiger partial charge >= 0.3 is 6.18 Å². The second-order valence-corrected chi connectivity index (χ2v) is 12.6. The number of amides is 2. The predicted octanol–water partition coefficient (Wildman–Crippen LogP) is 6.05. The Morgan fingerprint density at radius 3 is 2.07 bits per heavy atom. The van der Waals surface area contributed by atoms with E-state index in [4.69, 9.17) is 0 Å². The molecule has 12 heteroatoms. The molecule has 230 valence electrons. The molecule has 44 heavy (non-hydrogen) atoms. The molecule has 7 nitrogen and oxygen atoms in total. The molecule has 4 rings (SSSR count). The van der Waals surface area contributed by atoms with Crippen LogP contribution in [0.4, 0.5) is 18.9 Å². The van der Waals surface area contributed by atoms with Gasteiger partial charge in [-0.25, -0.2) is 8.42 Å². The Kier molecular flexibility index (Phi) is 10.5. The molecule has 4 aromatic rings.